The third-order valence-corrected chi connectivity index (χ3v) is 7.75. The highest BCUT2D eigenvalue weighted by Crippen LogP contribution is 2.07. The Hall–Kier alpha value is -3.70. The maximum Gasteiger partial charge on any atom is 0.306 e. The van der Waals surface area contributed by atoms with Crippen LogP contribution < -0.4 is 0 Å². The lowest BCUT2D eigenvalue weighted by molar-refractivity contribution is -0.161. The molecule has 0 heterocycles. The number of carbonyl (C=O) groups excluding carboxylic acids is 2. The molecule has 0 saturated carbocycles. The highest BCUT2D eigenvalue weighted by atomic mass is 16.6. The Morgan fingerprint density at radius 2 is 0.865 bits per heavy atom. The number of unbranched alkanes of at least 4 members (excludes halogenated alkanes) is 6. The molecular weight excluding hydrogens is 645 g/mol. The first-order valence-electron chi connectivity index (χ1n) is 20.1. The molecule has 0 aliphatic heterocycles. The van der Waals surface area contributed by atoms with Crippen LogP contribution >= 0.6 is 0 Å². The summed E-state index contributed by atoms with van der Waals surface area (Å²) in [6.45, 7) is 3.88. The average molecular weight is 717 g/mol. The quantitative estimate of drug-likeness (QED) is 0.0408. The van der Waals surface area contributed by atoms with E-state index in [0.29, 0.717) is 12.8 Å². The molecule has 1 N–H and O–H groups in total. The second-order valence-corrected chi connectivity index (χ2v) is 12.6. The first-order valence-corrected chi connectivity index (χ1v) is 20.1. The fourth-order valence-electron chi connectivity index (χ4n) is 4.74. The maximum absolute atomic E-state index is 12.1. The van der Waals surface area contributed by atoms with Gasteiger partial charge in [-0.05, 0) is 96.3 Å². The lowest BCUT2D eigenvalue weighted by Gasteiger charge is -2.15. The van der Waals surface area contributed by atoms with Crippen molar-refractivity contribution in [2.24, 2.45) is 0 Å². The Balaban J connectivity index is 3.80. The molecule has 0 aromatic carbocycles. The molecule has 0 unspecified atom stereocenters. The number of ether oxygens (including phenoxy) is 2. The van der Waals surface area contributed by atoms with Gasteiger partial charge in [-0.25, -0.2) is 0 Å². The minimum Gasteiger partial charge on any atom is -0.462 e. The summed E-state index contributed by atoms with van der Waals surface area (Å²) in [7, 11) is 0. The first kappa shape index (κ1) is 48.3. The van der Waals surface area contributed by atoms with Gasteiger partial charge >= 0.3 is 11.9 Å². The molecule has 0 spiro atoms. The highest BCUT2D eigenvalue weighted by Gasteiger charge is 2.15. The maximum atomic E-state index is 12.1. The first-order chi connectivity index (χ1) is 25.6. The lowest BCUT2D eigenvalue weighted by Crippen LogP contribution is -2.28. The van der Waals surface area contributed by atoms with Crippen molar-refractivity contribution in [3.05, 3.63) is 122 Å². The molecule has 0 fully saturated rings. The number of aliphatic hydroxyl groups excluding tert-OH is 1. The van der Waals surface area contributed by atoms with Crippen LogP contribution in [0.2, 0.25) is 0 Å². The fraction of sp³-hybridized carbons (Fsp3) is 0.532. The van der Waals surface area contributed by atoms with Gasteiger partial charge in [0.1, 0.15) is 6.61 Å². The van der Waals surface area contributed by atoms with Crippen LogP contribution in [0.1, 0.15) is 142 Å². The molecule has 0 bridgehead atoms. The third-order valence-electron chi connectivity index (χ3n) is 7.75. The van der Waals surface area contributed by atoms with E-state index in [9.17, 15) is 14.7 Å². The van der Waals surface area contributed by atoms with E-state index < -0.39 is 12.1 Å². The number of aliphatic hydroxyl groups is 1. The minimum atomic E-state index is -0.834. The summed E-state index contributed by atoms with van der Waals surface area (Å²) in [5.74, 6) is -0.739. The van der Waals surface area contributed by atoms with Gasteiger partial charge in [0.2, 0.25) is 0 Å². The summed E-state index contributed by atoms with van der Waals surface area (Å²) in [4.78, 5) is 24.2. The van der Waals surface area contributed by atoms with Crippen molar-refractivity contribution < 1.29 is 24.2 Å². The predicted molar refractivity (Wildman–Crippen MR) is 223 cm³/mol. The van der Waals surface area contributed by atoms with Crippen LogP contribution in [0, 0.1) is 0 Å². The molecule has 0 aromatic heterocycles. The Morgan fingerprint density at radius 3 is 1.29 bits per heavy atom. The number of rotatable bonds is 34. The van der Waals surface area contributed by atoms with E-state index in [2.05, 4.69) is 123 Å². The highest BCUT2D eigenvalue weighted by molar-refractivity contribution is 5.70. The van der Waals surface area contributed by atoms with Gasteiger partial charge in [-0.1, -0.05) is 155 Å². The molecule has 1 atom stereocenters. The fourth-order valence-corrected chi connectivity index (χ4v) is 4.74. The zero-order valence-corrected chi connectivity index (χ0v) is 32.8. The zero-order chi connectivity index (χ0) is 37.8. The van der Waals surface area contributed by atoms with Gasteiger partial charge in [0.15, 0.2) is 6.10 Å². The molecule has 0 aliphatic rings. The molecule has 0 saturated heterocycles. The minimum absolute atomic E-state index is 0.122. The number of esters is 2. The standard InChI is InChI=1S/C47H72O5/c1-3-5-7-9-11-13-15-17-19-21-23-25-27-29-31-33-35-37-39-41-46(49)51-44-45(43-48)52-47(50)42-40-38-36-34-32-30-28-26-24-22-20-18-16-14-12-10-8-6-4-2/h6,8,11-14,17-20,23-26,29-32,36,38,45,48H,3-5,7,9-10,15-16,21-22,27-28,33-35,37,39-44H2,1-2H3/t45-/m0/s1. The molecule has 5 heteroatoms. The zero-order valence-electron chi connectivity index (χ0n) is 32.8. The van der Waals surface area contributed by atoms with Gasteiger partial charge in [0.05, 0.1) is 6.61 Å². The van der Waals surface area contributed by atoms with Crippen LogP contribution in [0.4, 0.5) is 0 Å². The summed E-state index contributed by atoms with van der Waals surface area (Å²) in [6, 6.07) is 0. The van der Waals surface area contributed by atoms with E-state index in [4.69, 9.17) is 9.47 Å². The predicted octanol–water partition coefficient (Wildman–Crippen LogP) is 12.8. The molecule has 0 radical (unpaired) electrons. The van der Waals surface area contributed by atoms with Gasteiger partial charge in [0.25, 0.3) is 0 Å². The Kier molecular flexibility index (Phi) is 38.8. The van der Waals surface area contributed by atoms with Crippen LogP contribution in [-0.4, -0.2) is 36.4 Å². The van der Waals surface area contributed by atoms with Crippen molar-refractivity contribution >= 4 is 11.9 Å². The van der Waals surface area contributed by atoms with Crippen LogP contribution in [0.5, 0.6) is 0 Å². The average Bonchev–Trinajstić information content (AvgIpc) is 3.15. The van der Waals surface area contributed by atoms with Gasteiger partial charge in [0, 0.05) is 12.8 Å². The Bertz CT molecular complexity index is 1130. The normalized spacial score (nSPS) is 13.5. The third kappa shape index (κ3) is 39.1. The van der Waals surface area contributed by atoms with Crippen molar-refractivity contribution in [3.63, 3.8) is 0 Å². The van der Waals surface area contributed by atoms with E-state index in [1.54, 1.807) is 0 Å². The second kappa shape index (κ2) is 41.7. The van der Waals surface area contributed by atoms with Crippen LogP contribution in [0.3, 0.4) is 0 Å². The van der Waals surface area contributed by atoms with E-state index in [-0.39, 0.29) is 25.6 Å². The topological polar surface area (TPSA) is 72.8 Å². The molecular formula is C47H72O5. The summed E-state index contributed by atoms with van der Waals surface area (Å²) in [6.07, 6.45) is 61.2. The van der Waals surface area contributed by atoms with E-state index >= 15 is 0 Å². The van der Waals surface area contributed by atoms with Gasteiger partial charge < -0.3 is 14.6 Å². The van der Waals surface area contributed by atoms with E-state index in [0.717, 1.165) is 83.5 Å². The SMILES string of the molecule is CCC=CCC=CCC=CCC=CCC=CCC=CCCC(=O)O[C@@H](CO)COC(=O)CCCCCC=CCC=CCC=CCC=CCCCCC. The Morgan fingerprint density at radius 1 is 0.462 bits per heavy atom. The van der Waals surface area contributed by atoms with Crippen molar-refractivity contribution in [1.29, 1.82) is 0 Å². The van der Waals surface area contributed by atoms with Crippen molar-refractivity contribution in [1.82, 2.24) is 0 Å². The number of hydrogen-bond acceptors (Lipinski definition) is 5. The number of hydrogen-bond donors (Lipinski definition) is 1. The monoisotopic (exact) mass is 717 g/mol. The summed E-state index contributed by atoms with van der Waals surface area (Å²) < 4.78 is 10.5. The molecule has 290 valence electrons. The lowest BCUT2D eigenvalue weighted by atomic mass is 10.1. The largest absolute Gasteiger partial charge is 0.462 e. The van der Waals surface area contributed by atoms with E-state index in [1.807, 2.05) is 12.2 Å². The van der Waals surface area contributed by atoms with Crippen molar-refractivity contribution in [2.75, 3.05) is 13.2 Å². The second-order valence-electron chi connectivity index (χ2n) is 12.6. The van der Waals surface area contributed by atoms with Gasteiger partial charge in [-0.3, -0.25) is 9.59 Å². The number of carbonyl (C=O) groups is 2. The van der Waals surface area contributed by atoms with Gasteiger partial charge in [-0.15, -0.1) is 0 Å². The number of allylic oxidation sites excluding steroid dienone is 20. The van der Waals surface area contributed by atoms with Gasteiger partial charge in [-0.2, -0.15) is 0 Å². The molecule has 0 aromatic rings. The van der Waals surface area contributed by atoms with Crippen LogP contribution in [0.25, 0.3) is 0 Å². The van der Waals surface area contributed by atoms with E-state index in [1.165, 1.54) is 25.7 Å². The van der Waals surface area contributed by atoms with Crippen LogP contribution in [-0.2, 0) is 19.1 Å². The molecule has 5 nitrogen and oxygen atoms in total. The van der Waals surface area contributed by atoms with Crippen molar-refractivity contribution in [3.8, 4) is 0 Å². The molecule has 0 aliphatic carbocycles. The summed E-state index contributed by atoms with van der Waals surface area (Å²) >= 11 is 0. The van der Waals surface area contributed by atoms with Crippen molar-refractivity contribution in [2.45, 2.75) is 148 Å². The molecule has 52 heavy (non-hydrogen) atoms. The summed E-state index contributed by atoms with van der Waals surface area (Å²) in [5, 5.41) is 9.55. The molecule has 0 rings (SSSR count). The Labute approximate surface area is 318 Å². The van der Waals surface area contributed by atoms with Crippen LogP contribution in [0.15, 0.2) is 122 Å². The molecule has 0 amide bonds. The summed E-state index contributed by atoms with van der Waals surface area (Å²) in [5.41, 5.74) is 0. The smallest absolute Gasteiger partial charge is 0.306 e.